The number of halogens is 1. The Bertz CT molecular complexity index is 1440. The molecule has 1 aromatic heterocycles. The monoisotopic (exact) mass is 515 g/mol. The van der Waals surface area contributed by atoms with E-state index in [1.165, 1.54) is 0 Å². The molecular weight excluding hydrogens is 490 g/mol. The van der Waals surface area contributed by atoms with Gasteiger partial charge in [0.15, 0.2) is 0 Å². The fourth-order valence-corrected chi connectivity index (χ4v) is 5.99. The first-order valence-corrected chi connectivity index (χ1v) is 13.7. The van der Waals surface area contributed by atoms with Crippen LogP contribution in [-0.4, -0.2) is 26.1 Å². The molecule has 9 heteroatoms. The van der Waals surface area contributed by atoms with Crippen LogP contribution in [0.2, 0.25) is 5.02 Å². The Morgan fingerprint density at radius 2 is 1.59 bits per heavy atom. The number of fused-ring (bicyclic) bond motifs is 1. The van der Waals surface area contributed by atoms with Crippen molar-refractivity contribution in [2.24, 2.45) is 0 Å². The Kier molecular flexibility index (Phi) is 7.42. The predicted octanol–water partition coefficient (Wildman–Crippen LogP) is 5.09. The third-order valence-electron chi connectivity index (χ3n) is 5.74. The highest BCUT2D eigenvalue weighted by molar-refractivity contribution is 7.89. The van der Waals surface area contributed by atoms with Crippen molar-refractivity contribution >= 4 is 48.9 Å². The lowest BCUT2D eigenvalue weighted by Crippen LogP contribution is -2.24. The molecular formula is C25H26ClN3O3S2. The lowest BCUT2D eigenvalue weighted by atomic mass is 10.2. The van der Waals surface area contributed by atoms with Gasteiger partial charge in [-0.2, -0.15) is 0 Å². The normalized spacial score (nSPS) is 11.7. The van der Waals surface area contributed by atoms with Gasteiger partial charge in [0.1, 0.15) is 0 Å². The molecule has 0 aliphatic heterocycles. The summed E-state index contributed by atoms with van der Waals surface area (Å²) in [5.41, 5.74) is 3.63. The predicted molar refractivity (Wildman–Crippen MR) is 141 cm³/mol. The molecule has 0 saturated carbocycles. The summed E-state index contributed by atoms with van der Waals surface area (Å²) in [7, 11) is -3.73. The topological polar surface area (TPSA) is 71.4 Å². The zero-order valence-electron chi connectivity index (χ0n) is 19.0. The fourth-order valence-electron chi connectivity index (χ4n) is 3.81. The summed E-state index contributed by atoms with van der Waals surface area (Å²) < 4.78 is 30.8. The van der Waals surface area contributed by atoms with Crippen LogP contribution in [0, 0.1) is 0 Å². The van der Waals surface area contributed by atoms with Gasteiger partial charge in [-0.3, -0.25) is 9.36 Å². The highest BCUT2D eigenvalue weighted by atomic mass is 35.5. The maximum Gasteiger partial charge on any atom is 0.308 e. The SMILES string of the molecule is CCN(CC)c1ccc(CNS(=O)(=O)c2ccc3c(c2)sc(=O)n3Cc2ccc(Cl)cc2)cc1. The molecule has 1 heterocycles. The minimum absolute atomic E-state index is 0.138. The van der Waals surface area contributed by atoms with Crippen LogP contribution in [0.5, 0.6) is 0 Å². The van der Waals surface area contributed by atoms with E-state index in [-0.39, 0.29) is 16.3 Å². The number of benzene rings is 3. The van der Waals surface area contributed by atoms with Gasteiger partial charge in [0.25, 0.3) is 0 Å². The van der Waals surface area contributed by atoms with Crippen molar-refractivity contribution in [1.29, 1.82) is 0 Å². The lowest BCUT2D eigenvalue weighted by Gasteiger charge is -2.21. The van der Waals surface area contributed by atoms with Crippen LogP contribution < -0.4 is 14.5 Å². The second-order valence-corrected chi connectivity index (χ2v) is 11.1. The standard InChI is InChI=1S/C25H26ClN3O3S2/c1-3-28(4-2)21-11-7-18(8-12-21)16-27-34(31,32)22-13-14-23-24(15-22)33-25(30)29(23)17-19-5-9-20(26)10-6-19/h5-15,27H,3-4,16-17H2,1-2H3. The number of rotatable bonds is 9. The first kappa shape index (κ1) is 24.5. The van der Waals surface area contributed by atoms with E-state index in [0.717, 1.165) is 41.2 Å². The quantitative estimate of drug-likeness (QED) is 0.337. The molecule has 0 unspecified atom stereocenters. The van der Waals surface area contributed by atoms with Crippen LogP contribution in [0.25, 0.3) is 10.2 Å². The Hall–Kier alpha value is -2.65. The summed E-state index contributed by atoms with van der Waals surface area (Å²) in [5, 5.41) is 0.633. The average Bonchev–Trinajstić information content (AvgIpc) is 3.15. The molecule has 178 valence electrons. The molecule has 0 radical (unpaired) electrons. The van der Waals surface area contributed by atoms with E-state index in [1.54, 1.807) is 34.9 Å². The Labute approximate surface area is 208 Å². The maximum atomic E-state index is 12.9. The molecule has 1 N–H and O–H groups in total. The van der Waals surface area contributed by atoms with Crippen molar-refractivity contribution in [2.75, 3.05) is 18.0 Å². The largest absolute Gasteiger partial charge is 0.372 e. The number of sulfonamides is 1. The van der Waals surface area contributed by atoms with E-state index < -0.39 is 10.0 Å². The Morgan fingerprint density at radius 1 is 0.941 bits per heavy atom. The molecule has 6 nitrogen and oxygen atoms in total. The second-order valence-electron chi connectivity index (χ2n) is 7.87. The zero-order chi connectivity index (χ0) is 24.3. The van der Waals surface area contributed by atoms with Crippen LogP contribution in [0.3, 0.4) is 0 Å². The van der Waals surface area contributed by atoms with E-state index in [4.69, 9.17) is 11.6 Å². The minimum Gasteiger partial charge on any atom is -0.372 e. The number of nitrogens with zero attached hydrogens (tertiary/aromatic N) is 2. The molecule has 0 bridgehead atoms. The lowest BCUT2D eigenvalue weighted by molar-refractivity contribution is 0.581. The summed E-state index contributed by atoms with van der Waals surface area (Å²) in [6.45, 7) is 6.61. The fraction of sp³-hybridized carbons (Fsp3) is 0.240. The van der Waals surface area contributed by atoms with Crippen LogP contribution in [0.15, 0.2) is 76.4 Å². The molecule has 0 atom stereocenters. The molecule has 4 aromatic rings. The van der Waals surface area contributed by atoms with Crippen molar-refractivity contribution in [2.45, 2.75) is 31.8 Å². The molecule has 0 aliphatic carbocycles. The van der Waals surface area contributed by atoms with E-state index in [9.17, 15) is 13.2 Å². The number of anilines is 1. The van der Waals surface area contributed by atoms with Crippen LogP contribution in [0.4, 0.5) is 5.69 Å². The van der Waals surface area contributed by atoms with Crippen molar-refractivity contribution in [3.8, 4) is 0 Å². The summed E-state index contributed by atoms with van der Waals surface area (Å²) in [6, 6.07) is 20.0. The molecule has 3 aromatic carbocycles. The van der Waals surface area contributed by atoms with Gasteiger partial charge in [-0.25, -0.2) is 13.1 Å². The van der Waals surface area contributed by atoms with Crippen molar-refractivity contribution in [1.82, 2.24) is 9.29 Å². The number of thiazole rings is 1. The highest BCUT2D eigenvalue weighted by Crippen LogP contribution is 2.23. The van der Waals surface area contributed by atoms with Gasteiger partial charge in [-0.1, -0.05) is 47.2 Å². The number of hydrogen-bond acceptors (Lipinski definition) is 5. The first-order valence-electron chi connectivity index (χ1n) is 11.0. The third-order valence-corrected chi connectivity index (χ3v) is 8.33. The number of nitrogens with one attached hydrogen (secondary N) is 1. The highest BCUT2D eigenvalue weighted by Gasteiger charge is 2.17. The van der Waals surface area contributed by atoms with E-state index in [2.05, 4.69) is 23.5 Å². The average molecular weight is 516 g/mol. The van der Waals surface area contributed by atoms with Gasteiger partial charge >= 0.3 is 4.87 Å². The summed E-state index contributed by atoms with van der Waals surface area (Å²) >= 11 is 6.98. The van der Waals surface area contributed by atoms with Gasteiger partial charge in [0.05, 0.1) is 21.7 Å². The summed E-state index contributed by atoms with van der Waals surface area (Å²) in [6.07, 6.45) is 0. The molecule has 34 heavy (non-hydrogen) atoms. The van der Waals surface area contributed by atoms with Crippen LogP contribution in [0.1, 0.15) is 25.0 Å². The van der Waals surface area contributed by atoms with Gasteiger partial charge in [0, 0.05) is 30.3 Å². The third kappa shape index (κ3) is 5.36. The molecule has 0 spiro atoms. The smallest absolute Gasteiger partial charge is 0.308 e. The second kappa shape index (κ2) is 10.3. The zero-order valence-corrected chi connectivity index (χ0v) is 21.4. The Balaban J connectivity index is 1.51. The molecule has 0 amide bonds. The van der Waals surface area contributed by atoms with Crippen molar-refractivity contribution < 1.29 is 8.42 Å². The van der Waals surface area contributed by atoms with E-state index >= 15 is 0 Å². The minimum atomic E-state index is -3.73. The molecule has 0 aliphatic rings. The first-order chi connectivity index (χ1) is 16.3. The molecule has 0 fully saturated rings. The van der Waals surface area contributed by atoms with Crippen molar-refractivity contribution in [3.05, 3.63) is 92.5 Å². The van der Waals surface area contributed by atoms with Gasteiger partial charge in [-0.15, -0.1) is 0 Å². The van der Waals surface area contributed by atoms with Crippen molar-refractivity contribution in [3.63, 3.8) is 0 Å². The van der Waals surface area contributed by atoms with Crippen LogP contribution in [-0.2, 0) is 23.1 Å². The number of hydrogen-bond donors (Lipinski definition) is 1. The van der Waals surface area contributed by atoms with Gasteiger partial charge in [-0.05, 0) is 67.4 Å². The van der Waals surface area contributed by atoms with Crippen LogP contribution >= 0.6 is 22.9 Å². The molecule has 0 saturated heterocycles. The number of aromatic nitrogens is 1. The van der Waals surface area contributed by atoms with Gasteiger partial charge < -0.3 is 4.90 Å². The molecule has 4 rings (SSSR count). The maximum absolute atomic E-state index is 12.9. The van der Waals surface area contributed by atoms with E-state index in [1.807, 2.05) is 36.4 Å². The van der Waals surface area contributed by atoms with Gasteiger partial charge in [0.2, 0.25) is 10.0 Å². The summed E-state index contributed by atoms with van der Waals surface area (Å²) in [4.78, 5) is 14.8. The summed E-state index contributed by atoms with van der Waals surface area (Å²) in [5.74, 6) is 0. The Morgan fingerprint density at radius 3 is 2.24 bits per heavy atom. The van der Waals surface area contributed by atoms with E-state index in [0.29, 0.717) is 21.8 Å².